The second-order valence-electron chi connectivity index (χ2n) is 5.72. The number of alkyl halides is 3. The molecule has 0 aliphatic carbocycles. The second kappa shape index (κ2) is 9.84. The molecule has 2 unspecified atom stereocenters. The average Bonchev–Trinajstić information content (AvgIpc) is 2.39. The van der Waals surface area contributed by atoms with E-state index in [-0.39, 0.29) is 12.8 Å². The molecular weight excluding hydrogens is 299 g/mol. The fourth-order valence-corrected chi connectivity index (χ4v) is 1.87. The molecule has 0 rings (SSSR count). The molecule has 0 aromatic rings. The van der Waals surface area contributed by atoms with Crippen molar-refractivity contribution in [3.8, 4) is 0 Å². The molecule has 0 fully saturated rings. The first-order chi connectivity index (χ1) is 10.1. The van der Waals surface area contributed by atoms with Crippen molar-refractivity contribution in [3.63, 3.8) is 0 Å². The molecule has 0 amide bonds. The number of carboxylic acids is 1. The SMILES string of the molecule is CC(N)(C(=O)O)C(O)CC/C=C/CCCCCCC(F)(F)F. The number of carbonyl (C=O) groups is 1. The van der Waals surface area contributed by atoms with Crippen LogP contribution in [0.25, 0.3) is 0 Å². The first-order valence-electron chi connectivity index (χ1n) is 7.49. The molecule has 0 spiro atoms. The lowest BCUT2D eigenvalue weighted by Gasteiger charge is -2.25. The van der Waals surface area contributed by atoms with Crippen LogP contribution < -0.4 is 5.73 Å². The van der Waals surface area contributed by atoms with Gasteiger partial charge in [0.05, 0.1) is 6.10 Å². The van der Waals surface area contributed by atoms with Crippen LogP contribution in [0.4, 0.5) is 13.2 Å². The van der Waals surface area contributed by atoms with E-state index in [2.05, 4.69) is 0 Å². The summed E-state index contributed by atoms with van der Waals surface area (Å²) < 4.78 is 35.7. The quantitative estimate of drug-likeness (QED) is 0.402. The predicted octanol–water partition coefficient (Wildman–Crippen LogP) is 3.39. The van der Waals surface area contributed by atoms with Gasteiger partial charge in [-0.1, -0.05) is 25.0 Å². The minimum Gasteiger partial charge on any atom is -0.480 e. The third-order valence-electron chi connectivity index (χ3n) is 3.51. The Labute approximate surface area is 129 Å². The van der Waals surface area contributed by atoms with E-state index in [1.165, 1.54) is 6.92 Å². The van der Waals surface area contributed by atoms with Crippen molar-refractivity contribution in [2.45, 2.75) is 76.1 Å². The Kier molecular flexibility index (Phi) is 9.36. The van der Waals surface area contributed by atoms with Crippen LogP contribution >= 0.6 is 0 Å². The van der Waals surface area contributed by atoms with Crippen molar-refractivity contribution in [3.05, 3.63) is 12.2 Å². The van der Waals surface area contributed by atoms with Gasteiger partial charge in [0.1, 0.15) is 5.54 Å². The van der Waals surface area contributed by atoms with E-state index in [4.69, 9.17) is 10.8 Å². The van der Waals surface area contributed by atoms with Crippen molar-refractivity contribution in [1.82, 2.24) is 0 Å². The second-order valence-corrected chi connectivity index (χ2v) is 5.72. The Morgan fingerprint density at radius 3 is 2.23 bits per heavy atom. The minimum atomic E-state index is -4.06. The molecule has 130 valence electrons. The van der Waals surface area contributed by atoms with E-state index in [1.54, 1.807) is 0 Å². The van der Waals surface area contributed by atoms with Crippen LogP contribution in [0.3, 0.4) is 0 Å². The topological polar surface area (TPSA) is 83.6 Å². The summed E-state index contributed by atoms with van der Waals surface area (Å²) in [5.74, 6) is -1.25. The summed E-state index contributed by atoms with van der Waals surface area (Å²) in [6.07, 6.45) is 1.65. The van der Waals surface area contributed by atoms with Gasteiger partial charge in [-0.2, -0.15) is 13.2 Å². The highest BCUT2D eigenvalue weighted by Crippen LogP contribution is 2.23. The van der Waals surface area contributed by atoms with Crippen LogP contribution in [0.5, 0.6) is 0 Å². The first kappa shape index (κ1) is 20.9. The van der Waals surface area contributed by atoms with Crippen molar-refractivity contribution in [2.24, 2.45) is 5.73 Å². The fourth-order valence-electron chi connectivity index (χ4n) is 1.87. The molecule has 7 heteroatoms. The summed E-state index contributed by atoms with van der Waals surface area (Å²) in [4.78, 5) is 10.8. The number of rotatable bonds is 11. The lowest BCUT2D eigenvalue weighted by molar-refractivity contribution is -0.147. The molecule has 4 N–H and O–H groups in total. The van der Waals surface area contributed by atoms with Gasteiger partial charge in [-0.25, -0.2) is 0 Å². The number of carboxylic acid groups (broad SMARTS) is 1. The van der Waals surface area contributed by atoms with Crippen molar-refractivity contribution >= 4 is 5.97 Å². The molecular formula is C15H26F3NO3. The monoisotopic (exact) mass is 325 g/mol. The maximum atomic E-state index is 11.9. The molecule has 0 aromatic carbocycles. The molecule has 0 saturated carbocycles. The van der Waals surface area contributed by atoms with Gasteiger partial charge in [0, 0.05) is 6.42 Å². The highest BCUT2D eigenvalue weighted by atomic mass is 19.4. The summed E-state index contributed by atoms with van der Waals surface area (Å²) in [5.41, 5.74) is 3.83. The summed E-state index contributed by atoms with van der Waals surface area (Å²) >= 11 is 0. The van der Waals surface area contributed by atoms with E-state index in [0.717, 1.165) is 19.3 Å². The zero-order chi connectivity index (χ0) is 17.2. The molecule has 22 heavy (non-hydrogen) atoms. The molecule has 0 saturated heterocycles. The number of aliphatic carboxylic acids is 1. The van der Waals surface area contributed by atoms with Gasteiger partial charge in [-0.05, 0) is 39.0 Å². The van der Waals surface area contributed by atoms with Gasteiger partial charge in [-0.3, -0.25) is 4.79 Å². The maximum absolute atomic E-state index is 11.9. The fraction of sp³-hybridized carbons (Fsp3) is 0.800. The molecule has 0 heterocycles. The number of hydrogen-bond acceptors (Lipinski definition) is 3. The minimum absolute atomic E-state index is 0.170. The standard InChI is InChI=1S/C15H26F3NO3/c1-14(19,13(21)22)12(20)10-8-6-4-2-3-5-7-9-11-15(16,17)18/h4,6,12,20H,2-3,5,7-11,19H2,1H3,(H,21,22)/b6-4+. The van der Waals surface area contributed by atoms with E-state index in [1.807, 2.05) is 12.2 Å². The molecule has 2 atom stereocenters. The van der Waals surface area contributed by atoms with Crippen LogP contribution in [0, 0.1) is 0 Å². The first-order valence-corrected chi connectivity index (χ1v) is 7.49. The molecule has 0 bridgehead atoms. The number of halogens is 3. The normalized spacial score (nSPS) is 16.6. The third kappa shape index (κ3) is 9.78. The Hall–Kier alpha value is -1.08. The molecule has 0 aliphatic heterocycles. The summed E-state index contributed by atoms with van der Waals surface area (Å²) in [6.45, 7) is 1.27. The van der Waals surface area contributed by atoms with Crippen LogP contribution in [0.1, 0.15) is 58.3 Å². The predicted molar refractivity (Wildman–Crippen MR) is 78.4 cm³/mol. The lowest BCUT2D eigenvalue weighted by atomic mass is 9.93. The summed E-state index contributed by atoms with van der Waals surface area (Å²) in [5, 5.41) is 18.5. The highest BCUT2D eigenvalue weighted by Gasteiger charge is 2.35. The number of allylic oxidation sites excluding steroid dienone is 2. The zero-order valence-corrected chi connectivity index (χ0v) is 12.9. The van der Waals surface area contributed by atoms with Crippen LogP contribution in [0.15, 0.2) is 12.2 Å². The van der Waals surface area contributed by atoms with Gasteiger partial charge in [0.15, 0.2) is 0 Å². The highest BCUT2D eigenvalue weighted by molar-refractivity contribution is 5.78. The Morgan fingerprint density at radius 2 is 1.68 bits per heavy atom. The maximum Gasteiger partial charge on any atom is 0.389 e. The largest absolute Gasteiger partial charge is 0.480 e. The van der Waals surface area contributed by atoms with Gasteiger partial charge in [-0.15, -0.1) is 0 Å². The average molecular weight is 325 g/mol. The smallest absolute Gasteiger partial charge is 0.389 e. The number of aliphatic hydroxyl groups excluding tert-OH is 1. The number of hydrogen-bond donors (Lipinski definition) is 3. The summed E-state index contributed by atoms with van der Waals surface area (Å²) in [6, 6.07) is 0. The van der Waals surface area contributed by atoms with Gasteiger partial charge in [0.25, 0.3) is 0 Å². The molecule has 0 aliphatic rings. The molecule has 4 nitrogen and oxygen atoms in total. The zero-order valence-electron chi connectivity index (χ0n) is 12.9. The van der Waals surface area contributed by atoms with Crippen LogP contribution in [0.2, 0.25) is 0 Å². The summed E-state index contributed by atoms with van der Waals surface area (Å²) in [7, 11) is 0. The van der Waals surface area contributed by atoms with E-state index in [0.29, 0.717) is 12.8 Å². The Balaban J connectivity index is 3.62. The van der Waals surface area contributed by atoms with Crippen LogP contribution in [-0.4, -0.2) is 34.0 Å². The number of aliphatic hydroxyl groups is 1. The molecule has 0 aromatic heterocycles. The van der Waals surface area contributed by atoms with Gasteiger partial charge in [0.2, 0.25) is 0 Å². The van der Waals surface area contributed by atoms with Crippen LogP contribution in [-0.2, 0) is 4.79 Å². The van der Waals surface area contributed by atoms with Gasteiger partial charge < -0.3 is 15.9 Å². The van der Waals surface area contributed by atoms with Crippen molar-refractivity contribution in [1.29, 1.82) is 0 Å². The Morgan fingerprint density at radius 1 is 1.14 bits per heavy atom. The number of unbranched alkanes of at least 4 members (excludes halogenated alkanes) is 4. The van der Waals surface area contributed by atoms with E-state index in [9.17, 15) is 23.1 Å². The van der Waals surface area contributed by atoms with Crippen molar-refractivity contribution in [2.75, 3.05) is 0 Å². The van der Waals surface area contributed by atoms with Crippen molar-refractivity contribution < 1.29 is 28.2 Å². The third-order valence-corrected chi connectivity index (χ3v) is 3.51. The van der Waals surface area contributed by atoms with E-state index >= 15 is 0 Å². The molecule has 0 radical (unpaired) electrons. The lowest BCUT2D eigenvalue weighted by Crippen LogP contribution is -2.54. The van der Waals surface area contributed by atoms with Gasteiger partial charge >= 0.3 is 12.1 Å². The number of nitrogens with two attached hydrogens (primary N) is 1. The Bertz CT molecular complexity index is 354. The van der Waals surface area contributed by atoms with E-state index < -0.39 is 30.2 Å².